The van der Waals surface area contributed by atoms with E-state index >= 15 is 0 Å². The first-order valence-corrected chi connectivity index (χ1v) is 5.51. The normalized spacial score (nSPS) is 9.82. The van der Waals surface area contributed by atoms with E-state index in [9.17, 15) is 9.59 Å². The summed E-state index contributed by atoms with van der Waals surface area (Å²) in [6.07, 6.45) is 0.316. The maximum absolute atomic E-state index is 11.8. The van der Waals surface area contributed by atoms with Crippen LogP contribution in [0.3, 0.4) is 0 Å². The lowest BCUT2D eigenvalue weighted by atomic mass is 10.2. The van der Waals surface area contributed by atoms with Gasteiger partial charge in [0, 0.05) is 13.5 Å². The molecule has 0 aromatic heterocycles. The van der Waals surface area contributed by atoms with Crippen LogP contribution in [-0.2, 0) is 9.59 Å². The number of amides is 1. The highest BCUT2D eigenvalue weighted by Gasteiger charge is 2.16. The molecule has 1 rings (SSSR count). The van der Waals surface area contributed by atoms with Crippen molar-refractivity contribution in [1.29, 1.82) is 0 Å². The highest BCUT2D eigenvalue weighted by Crippen LogP contribution is 2.26. The van der Waals surface area contributed by atoms with Gasteiger partial charge in [0.2, 0.25) is 5.91 Å². The lowest BCUT2D eigenvalue weighted by Crippen LogP contribution is -2.28. The van der Waals surface area contributed by atoms with Crippen LogP contribution in [-0.4, -0.2) is 25.8 Å². The van der Waals surface area contributed by atoms with E-state index in [2.05, 4.69) is 0 Å². The molecule has 0 unspecified atom stereocenters. The molecule has 0 aliphatic rings. The van der Waals surface area contributed by atoms with Gasteiger partial charge in [0.1, 0.15) is 11.5 Å². The first kappa shape index (κ1) is 13.2. The van der Waals surface area contributed by atoms with Gasteiger partial charge in [-0.15, -0.1) is 0 Å². The Hall–Kier alpha value is -1.84. The van der Waals surface area contributed by atoms with Crippen LogP contribution in [0.1, 0.15) is 19.8 Å². The van der Waals surface area contributed by atoms with E-state index in [1.165, 1.54) is 4.90 Å². The van der Waals surface area contributed by atoms with Crippen LogP contribution in [0.2, 0.25) is 0 Å². The summed E-state index contributed by atoms with van der Waals surface area (Å²) in [6.45, 7) is 1.75. The summed E-state index contributed by atoms with van der Waals surface area (Å²) < 4.78 is 5.17. The number of nitrogens with zero attached hydrogens (tertiary/aromatic N) is 1. The molecule has 0 atom stereocenters. The zero-order chi connectivity index (χ0) is 12.8. The fraction of sp³-hybridized carbons (Fsp3) is 0.385. The number of para-hydroxylation sites is 2. The van der Waals surface area contributed by atoms with Crippen molar-refractivity contribution in [2.24, 2.45) is 0 Å². The predicted octanol–water partition coefficient (Wildman–Crippen LogP) is 2.03. The zero-order valence-corrected chi connectivity index (χ0v) is 10.4. The smallest absolute Gasteiger partial charge is 0.234 e. The van der Waals surface area contributed by atoms with Crippen molar-refractivity contribution in [3.63, 3.8) is 0 Å². The third-order valence-corrected chi connectivity index (χ3v) is 2.56. The number of ether oxygens (including phenoxy) is 1. The van der Waals surface area contributed by atoms with Crippen LogP contribution in [0.25, 0.3) is 0 Å². The molecule has 4 heteroatoms. The standard InChI is InChI=1S/C13H17NO3/c1-4-10(15)9-13(16)14(2)11-7-5-6-8-12(11)17-3/h5-8H,4,9H2,1-3H3. The van der Waals surface area contributed by atoms with Crippen molar-refractivity contribution in [1.82, 2.24) is 0 Å². The number of Topliss-reactive ketones (excluding diaryl/α,β-unsaturated/α-hetero) is 1. The first-order chi connectivity index (χ1) is 8.10. The molecule has 0 aliphatic carbocycles. The van der Waals surface area contributed by atoms with E-state index in [4.69, 9.17) is 4.74 Å². The molecule has 1 aromatic carbocycles. The number of benzene rings is 1. The van der Waals surface area contributed by atoms with E-state index in [-0.39, 0.29) is 18.1 Å². The summed E-state index contributed by atoms with van der Waals surface area (Å²) in [5, 5.41) is 0. The second kappa shape index (κ2) is 6.03. The van der Waals surface area contributed by atoms with Gasteiger partial charge in [-0.1, -0.05) is 19.1 Å². The minimum Gasteiger partial charge on any atom is -0.495 e. The summed E-state index contributed by atoms with van der Waals surface area (Å²) >= 11 is 0. The second-order valence-corrected chi connectivity index (χ2v) is 3.69. The minimum atomic E-state index is -0.221. The molecule has 0 aliphatic heterocycles. The SMILES string of the molecule is CCC(=O)CC(=O)N(C)c1ccccc1OC. The number of carbonyl (C=O) groups excluding carboxylic acids is 2. The van der Waals surface area contributed by atoms with Crippen molar-refractivity contribution in [3.05, 3.63) is 24.3 Å². The molecule has 0 radical (unpaired) electrons. The summed E-state index contributed by atoms with van der Waals surface area (Å²) in [5.74, 6) is 0.338. The maximum Gasteiger partial charge on any atom is 0.234 e. The number of rotatable bonds is 5. The van der Waals surface area contributed by atoms with Gasteiger partial charge in [-0.05, 0) is 12.1 Å². The average Bonchev–Trinajstić information content (AvgIpc) is 2.37. The van der Waals surface area contributed by atoms with E-state index in [0.29, 0.717) is 17.9 Å². The largest absolute Gasteiger partial charge is 0.495 e. The number of methoxy groups -OCH3 is 1. The molecule has 17 heavy (non-hydrogen) atoms. The number of anilines is 1. The van der Waals surface area contributed by atoms with Gasteiger partial charge < -0.3 is 9.64 Å². The monoisotopic (exact) mass is 235 g/mol. The van der Waals surface area contributed by atoms with Crippen LogP contribution in [0, 0.1) is 0 Å². The third kappa shape index (κ3) is 3.31. The predicted molar refractivity (Wildman–Crippen MR) is 66.3 cm³/mol. The molecule has 1 aromatic rings. The van der Waals surface area contributed by atoms with Crippen molar-refractivity contribution < 1.29 is 14.3 Å². The van der Waals surface area contributed by atoms with Gasteiger partial charge in [0.05, 0.1) is 19.2 Å². The van der Waals surface area contributed by atoms with Gasteiger partial charge in [0.25, 0.3) is 0 Å². The van der Waals surface area contributed by atoms with Crippen LogP contribution >= 0.6 is 0 Å². The maximum atomic E-state index is 11.8. The Morgan fingerprint density at radius 3 is 2.53 bits per heavy atom. The van der Waals surface area contributed by atoms with E-state index < -0.39 is 0 Å². The van der Waals surface area contributed by atoms with Crippen molar-refractivity contribution in [3.8, 4) is 5.75 Å². The lowest BCUT2D eigenvalue weighted by molar-refractivity contribution is -0.126. The van der Waals surface area contributed by atoms with Crippen LogP contribution in [0.4, 0.5) is 5.69 Å². The van der Waals surface area contributed by atoms with E-state index in [0.717, 1.165) is 0 Å². The van der Waals surface area contributed by atoms with Gasteiger partial charge in [-0.2, -0.15) is 0 Å². The van der Waals surface area contributed by atoms with Gasteiger partial charge in [-0.3, -0.25) is 9.59 Å². The highest BCUT2D eigenvalue weighted by molar-refractivity contribution is 6.05. The Morgan fingerprint density at radius 1 is 1.29 bits per heavy atom. The Morgan fingerprint density at radius 2 is 1.94 bits per heavy atom. The molecule has 0 saturated carbocycles. The summed E-state index contributed by atoms with van der Waals surface area (Å²) in [5.41, 5.74) is 0.670. The fourth-order valence-electron chi connectivity index (χ4n) is 1.45. The summed E-state index contributed by atoms with van der Waals surface area (Å²) in [4.78, 5) is 24.5. The van der Waals surface area contributed by atoms with Gasteiger partial charge in [-0.25, -0.2) is 0 Å². The van der Waals surface area contributed by atoms with E-state index in [1.54, 1.807) is 33.2 Å². The molecular weight excluding hydrogens is 218 g/mol. The first-order valence-electron chi connectivity index (χ1n) is 5.51. The molecule has 0 N–H and O–H groups in total. The fourth-order valence-corrected chi connectivity index (χ4v) is 1.45. The minimum absolute atomic E-state index is 0.0586. The molecule has 0 spiro atoms. The Kier molecular flexibility index (Phi) is 4.69. The zero-order valence-electron chi connectivity index (χ0n) is 10.4. The Bertz CT molecular complexity index is 415. The third-order valence-electron chi connectivity index (χ3n) is 2.56. The molecule has 1 amide bonds. The number of hydrogen-bond donors (Lipinski definition) is 0. The molecule has 92 valence electrons. The average molecular weight is 235 g/mol. The van der Waals surface area contributed by atoms with Crippen molar-refractivity contribution >= 4 is 17.4 Å². The Balaban J connectivity index is 2.84. The highest BCUT2D eigenvalue weighted by atomic mass is 16.5. The summed E-state index contributed by atoms with van der Waals surface area (Å²) in [7, 11) is 3.19. The quantitative estimate of drug-likeness (QED) is 0.733. The van der Waals surface area contributed by atoms with Crippen LogP contribution in [0.15, 0.2) is 24.3 Å². The van der Waals surface area contributed by atoms with Crippen molar-refractivity contribution in [2.45, 2.75) is 19.8 Å². The molecule has 0 heterocycles. The van der Waals surface area contributed by atoms with E-state index in [1.807, 2.05) is 12.1 Å². The lowest BCUT2D eigenvalue weighted by Gasteiger charge is -2.19. The molecule has 0 fully saturated rings. The molecular formula is C13H17NO3. The van der Waals surface area contributed by atoms with Gasteiger partial charge >= 0.3 is 0 Å². The molecule has 0 bridgehead atoms. The topological polar surface area (TPSA) is 46.6 Å². The van der Waals surface area contributed by atoms with Crippen molar-refractivity contribution in [2.75, 3.05) is 19.1 Å². The second-order valence-electron chi connectivity index (χ2n) is 3.69. The molecule has 0 saturated heterocycles. The number of ketones is 1. The summed E-state index contributed by atoms with van der Waals surface area (Å²) in [6, 6.07) is 7.22. The number of carbonyl (C=O) groups is 2. The number of hydrogen-bond acceptors (Lipinski definition) is 3. The molecule has 4 nitrogen and oxygen atoms in total. The Labute approximate surface area is 101 Å². The van der Waals surface area contributed by atoms with Crippen LogP contribution < -0.4 is 9.64 Å². The van der Waals surface area contributed by atoms with Crippen LogP contribution in [0.5, 0.6) is 5.75 Å². The van der Waals surface area contributed by atoms with Gasteiger partial charge in [0.15, 0.2) is 0 Å².